The van der Waals surface area contributed by atoms with E-state index >= 15 is 0 Å². The molecule has 3 fully saturated rings. The lowest BCUT2D eigenvalue weighted by Gasteiger charge is -2.53. The third-order valence-electron chi connectivity index (χ3n) is 5.82. The van der Waals surface area contributed by atoms with Crippen LogP contribution in [0.3, 0.4) is 0 Å². The van der Waals surface area contributed by atoms with Crippen LogP contribution in [0.2, 0.25) is 0 Å². The molecule has 1 spiro atoms. The molecule has 4 aliphatic heterocycles. The van der Waals surface area contributed by atoms with Gasteiger partial charge in [0.15, 0.2) is 17.8 Å². The van der Waals surface area contributed by atoms with Crippen LogP contribution in [0.5, 0.6) is 0 Å². The second-order valence-electron chi connectivity index (χ2n) is 7.30. The first-order valence-corrected chi connectivity index (χ1v) is 8.71. The van der Waals surface area contributed by atoms with Crippen LogP contribution in [-0.4, -0.2) is 69.1 Å². The van der Waals surface area contributed by atoms with Gasteiger partial charge in [0, 0.05) is 18.8 Å². The molecule has 0 radical (unpaired) electrons. The van der Waals surface area contributed by atoms with Gasteiger partial charge in [-0.15, -0.1) is 5.10 Å². The lowest BCUT2D eigenvalue weighted by Crippen LogP contribution is -2.69. The number of nitrogens with one attached hydrogen (secondary N) is 1. The predicted octanol–water partition coefficient (Wildman–Crippen LogP) is 0.771. The molecule has 0 aromatic carbocycles. The molecule has 0 amide bonds. The van der Waals surface area contributed by atoms with Gasteiger partial charge in [0.2, 0.25) is 0 Å². The number of aromatic nitrogens is 4. The fourth-order valence-corrected chi connectivity index (χ4v) is 4.45. The van der Waals surface area contributed by atoms with Crippen LogP contribution < -0.4 is 5.32 Å². The number of hydrogen-bond donors (Lipinski definition) is 1. The van der Waals surface area contributed by atoms with E-state index < -0.39 is 0 Å². The molecule has 2 aromatic heterocycles. The van der Waals surface area contributed by atoms with E-state index in [2.05, 4.69) is 25.4 Å². The van der Waals surface area contributed by atoms with Gasteiger partial charge in [0.05, 0.1) is 31.7 Å². The van der Waals surface area contributed by atoms with Crippen LogP contribution >= 0.6 is 0 Å². The Hall–Kier alpha value is -2.26. The summed E-state index contributed by atoms with van der Waals surface area (Å²) in [6.07, 6.45) is 5.78. The highest BCUT2D eigenvalue weighted by molar-refractivity contribution is 5.88. The molecule has 2 bridgehead atoms. The molecule has 0 aliphatic carbocycles. The molecular formula is C16H22N7O2+. The highest BCUT2D eigenvalue weighted by Crippen LogP contribution is 2.44. The minimum Gasteiger partial charge on any atom is -0.450 e. The number of ether oxygens (including phenoxy) is 1. The quantitative estimate of drug-likeness (QED) is 0.810. The monoisotopic (exact) mass is 344 g/mol. The van der Waals surface area contributed by atoms with Crippen LogP contribution in [0.4, 0.5) is 5.95 Å². The first-order valence-electron chi connectivity index (χ1n) is 8.71. The zero-order valence-corrected chi connectivity index (χ0v) is 14.5. The Labute approximate surface area is 145 Å². The fourth-order valence-electron chi connectivity index (χ4n) is 4.45. The molecule has 2 aromatic rings. The van der Waals surface area contributed by atoms with E-state index in [4.69, 9.17) is 9.57 Å². The van der Waals surface area contributed by atoms with E-state index in [1.54, 1.807) is 17.8 Å². The van der Waals surface area contributed by atoms with E-state index in [1.165, 1.54) is 0 Å². The number of aliphatic imine (C=N–C) groups is 1. The molecule has 6 heterocycles. The number of amidine groups is 1. The third-order valence-corrected chi connectivity index (χ3v) is 5.82. The number of nitrogens with zero attached hydrogens (tertiary/aromatic N) is 6. The summed E-state index contributed by atoms with van der Waals surface area (Å²) in [7, 11) is 1.80. The smallest absolute Gasteiger partial charge is 0.292 e. The Morgan fingerprint density at radius 2 is 2.24 bits per heavy atom. The summed E-state index contributed by atoms with van der Waals surface area (Å²) in [4.78, 5) is 19.1. The molecule has 9 nitrogen and oxygen atoms in total. The van der Waals surface area contributed by atoms with Gasteiger partial charge in [-0.3, -0.25) is 10.3 Å². The van der Waals surface area contributed by atoms with Crippen molar-refractivity contribution in [2.45, 2.75) is 25.4 Å². The van der Waals surface area contributed by atoms with E-state index in [9.17, 15) is 0 Å². The normalized spacial score (nSPS) is 33.7. The number of hydrogen-bond acceptors (Lipinski definition) is 7. The van der Waals surface area contributed by atoms with Crippen molar-refractivity contribution < 1.29 is 14.2 Å². The molecule has 1 unspecified atom stereocenters. The van der Waals surface area contributed by atoms with Gasteiger partial charge in [0.1, 0.15) is 13.1 Å². The van der Waals surface area contributed by atoms with Gasteiger partial charge >= 0.3 is 0 Å². The largest absolute Gasteiger partial charge is 0.450 e. The number of fused-ring (bicyclic) bond motifs is 3. The summed E-state index contributed by atoms with van der Waals surface area (Å²) in [6, 6.07) is 0.503. The first kappa shape index (κ1) is 15.0. The van der Waals surface area contributed by atoms with Crippen LogP contribution in [0.25, 0.3) is 5.65 Å². The van der Waals surface area contributed by atoms with Gasteiger partial charge in [-0.25, -0.2) is 14.3 Å². The summed E-state index contributed by atoms with van der Waals surface area (Å²) in [6.45, 7) is 5.57. The average Bonchev–Trinajstić information content (AvgIpc) is 3.19. The first-order chi connectivity index (χ1) is 12.1. The lowest BCUT2D eigenvalue weighted by molar-refractivity contribution is -1.12. The molecule has 132 valence electrons. The number of rotatable bonds is 2. The Balaban J connectivity index is 1.35. The average molecular weight is 344 g/mol. The molecule has 3 saturated heterocycles. The van der Waals surface area contributed by atoms with Crippen molar-refractivity contribution in [3.8, 4) is 0 Å². The molecule has 1 N–H and O–H groups in total. The minimum atomic E-state index is -0.258. The summed E-state index contributed by atoms with van der Waals surface area (Å²) < 4.78 is 8.69. The van der Waals surface area contributed by atoms with E-state index in [0.717, 1.165) is 38.2 Å². The van der Waals surface area contributed by atoms with Gasteiger partial charge in [-0.2, -0.15) is 9.63 Å². The zero-order chi connectivity index (χ0) is 17.1. The van der Waals surface area contributed by atoms with Crippen molar-refractivity contribution in [2.75, 3.05) is 38.6 Å². The Bertz CT molecular complexity index is 855. The van der Waals surface area contributed by atoms with Crippen molar-refractivity contribution in [1.29, 1.82) is 0 Å². The summed E-state index contributed by atoms with van der Waals surface area (Å²) in [5, 5.41) is 7.53. The highest BCUT2D eigenvalue weighted by Gasteiger charge is 2.60. The highest BCUT2D eigenvalue weighted by atomic mass is 16.7. The van der Waals surface area contributed by atoms with Gasteiger partial charge in [-0.1, -0.05) is 0 Å². The summed E-state index contributed by atoms with van der Waals surface area (Å²) >= 11 is 0. The van der Waals surface area contributed by atoms with Gasteiger partial charge in [-0.05, 0) is 6.92 Å². The van der Waals surface area contributed by atoms with Crippen molar-refractivity contribution in [2.24, 2.45) is 10.9 Å². The Morgan fingerprint density at radius 3 is 3.04 bits per heavy atom. The third kappa shape index (κ3) is 2.30. The van der Waals surface area contributed by atoms with Crippen LogP contribution in [0.15, 0.2) is 17.4 Å². The van der Waals surface area contributed by atoms with Crippen LogP contribution in [0.1, 0.15) is 18.5 Å². The van der Waals surface area contributed by atoms with Crippen LogP contribution in [-0.2, 0) is 9.57 Å². The molecule has 1 atom stereocenters. The molecule has 25 heavy (non-hydrogen) atoms. The topological polar surface area (TPSA) is 85.9 Å². The van der Waals surface area contributed by atoms with E-state index in [-0.39, 0.29) is 5.60 Å². The maximum atomic E-state index is 6.31. The Kier molecular flexibility index (Phi) is 3.08. The van der Waals surface area contributed by atoms with E-state index in [0.29, 0.717) is 34.7 Å². The number of hydroxylamine groups is 3. The molecule has 4 aliphatic rings. The van der Waals surface area contributed by atoms with Crippen molar-refractivity contribution >= 4 is 17.6 Å². The molecule has 6 rings (SSSR count). The number of aryl methyl sites for hydroxylation is 1. The lowest BCUT2D eigenvalue weighted by atomic mass is 9.75. The SMILES string of the molecule is CO[N+]12CCC(CC1)C1(CN=C(Nc3nc4cnc(C)cn4n3)O1)C2. The summed E-state index contributed by atoms with van der Waals surface area (Å²) in [5.74, 6) is 1.01. The fraction of sp³-hybridized carbons (Fsp3) is 0.625. The second-order valence-corrected chi connectivity index (χ2v) is 7.30. The van der Waals surface area contributed by atoms with Crippen molar-refractivity contribution in [1.82, 2.24) is 19.6 Å². The predicted molar refractivity (Wildman–Crippen MR) is 89.9 cm³/mol. The van der Waals surface area contributed by atoms with Crippen molar-refractivity contribution in [3.63, 3.8) is 0 Å². The minimum absolute atomic E-state index is 0.258. The van der Waals surface area contributed by atoms with Crippen LogP contribution in [0, 0.1) is 12.8 Å². The molecular weight excluding hydrogens is 322 g/mol. The maximum Gasteiger partial charge on any atom is 0.292 e. The Morgan fingerprint density at radius 1 is 1.40 bits per heavy atom. The number of anilines is 1. The number of quaternary nitrogens is 1. The molecule has 0 saturated carbocycles. The second kappa shape index (κ2) is 5.12. The zero-order valence-electron chi connectivity index (χ0n) is 14.5. The maximum absolute atomic E-state index is 6.31. The summed E-state index contributed by atoms with van der Waals surface area (Å²) in [5.41, 5.74) is 1.32. The standard InChI is InChI=1S/C16H22N7O2/c1-11-8-22-13(7-17-11)19-14(21-22)20-15-18-9-16(25-15)10-23(24-2)5-3-12(16)4-6-23/h7-8,12H,3-6,9-10H2,1-2H3,(H,18,20,21)/q+1. The van der Waals surface area contributed by atoms with Gasteiger partial charge in [0.25, 0.3) is 12.0 Å². The molecule has 9 heteroatoms. The van der Waals surface area contributed by atoms with E-state index in [1.807, 2.05) is 13.1 Å². The van der Waals surface area contributed by atoms with Crippen molar-refractivity contribution in [3.05, 3.63) is 18.1 Å². The van der Waals surface area contributed by atoms with Gasteiger partial charge < -0.3 is 4.74 Å². The number of piperidine rings is 3.